The van der Waals surface area contributed by atoms with Crippen molar-refractivity contribution in [2.75, 3.05) is 14.2 Å². The van der Waals surface area contributed by atoms with Gasteiger partial charge in [-0.15, -0.1) is 0 Å². The van der Waals surface area contributed by atoms with Gasteiger partial charge in [0.1, 0.15) is 11.5 Å². The van der Waals surface area contributed by atoms with Gasteiger partial charge in [-0.1, -0.05) is 30.3 Å². The third-order valence-electron chi connectivity index (χ3n) is 3.31. The number of ether oxygens (including phenoxy) is 2. The van der Waals surface area contributed by atoms with Crippen LogP contribution in [0.2, 0.25) is 0 Å². The molecule has 4 heteroatoms. The molecule has 4 nitrogen and oxygen atoms in total. The van der Waals surface area contributed by atoms with Gasteiger partial charge in [-0.25, -0.2) is 0 Å². The molecule has 0 amide bonds. The zero-order valence-electron chi connectivity index (χ0n) is 12.2. The van der Waals surface area contributed by atoms with Crippen LogP contribution in [0.4, 0.5) is 0 Å². The van der Waals surface area contributed by atoms with Crippen LogP contribution in [0.1, 0.15) is 15.9 Å². The third-order valence-corrected chi connectivity index (χ3v) is 3.31. The van der Waals surface area contributed by atoms with Gasteiger partial charge in [0, 0.05) is 0 Å². The Morgan fingerprint density at radius 2 is 1.81 bits per heavy atom. The van der Waals surface area contributed by atoms with Crippen LogP contribution < -0.4 is 15.2 Å². The minimum absolute atomic E-state index is 0.158. The number of hydrogen-bond acceptors (Lipinski definition) is 4. The molecule has 0 bridgehead atoms. The molecule has 110 valence electrons. The van der Waals surface area contributed by atoms with E-state index in [0.29, 0.717) is 23.5 Å². The molecule has 21 heavy (non-hydrogen) atoms. The van der Waals surface area contributed by atoms with Gasteiger partial charge in [-0.05, 0) is 30.2 Å². The summed E-state index contributed by atoms with van der Waals surface area (Å²) in [4.78, 5) is 12.5. The zero-order chi connectivity index (χ0) is 15.2. The first-order valence-corrected chi connectivity index (χ1v) is 6.71. The predicted octanol–water partition coefficient (Wildman–Crippen LogP) is 2.46. The van der Waals surface area contributed by atoms with Crippen LogP contribution in [-0.2, 0) is 6.42 Å². The lowest BCUT2D eigenvalue weighted by Gasteiger charge is -2.14. The van der Waals surface area contributed by atoms with E-state index in [1.807, 2.05) is 30.3 Å². The molecule has 0 aliphatic rings. The number of hydrogen-bond donors (Lipinski definition) is 1. The van der Waals surface area contributed by atoms with Crippen LogP contribution in [0.15, 0.2) is 48.5 Å². The highest BCUT2D eigenvalue weighted by molar-refractivity contribution is 6.02. The summed E-state index contributed by atoms with van der Waals surface area (Å²) in [6.45, 7) is 0. The number of nitrogens with two attached hydrogens (primary N) is 1. The summed E-state index contributed by atoms with van der Waals surface area (Å²) in [5.41, 5.74) is 7.52. The molecule has 2 N–H and O–H groups in total. The molecule has 0 radical (unpaired) electrons. The Bertz CT molecular complexity index is 611. The maximum Gasteiger partial charge on any atom is 0.183 e. The van der Waals surface area contributed by atoms with Crippen LogP contribution in [-0.4, -0.2) is 26.0 Å². The number of carbonyl (C=O) groups excluding carboxylic acids is 1. The predicted molar refractivity (Wildman–Crippen MR) is 82.0 cm³/mol. The van der Waals surface area contributed by atoms with Gasteiger partial charge in [-0.3, -0.25) is 4.79 Å². The van der Waals surface area contributed by atoms with Crippen molar-refractivity contribution < 1.29 is 14.3 Å². The average molecular weight is 285 g/mol. The van der Waals surface area contributed by atoms with Crippen molar-refractivity contribution in [2.24, 2.45) is 5.73 Å². The van der Waals surface area contributed by atoms with Crippen LogP contribution in [0.3, 0.4) is 0 Å². The summed E-state index contributed by atoms with van der Waals surface area (Å²) in [6.07, 6.45) is 0.486. The Kier molecular flexibility index (Phi) is 4.95. The van der Waals surface area contributed by atoms with Crippen LogP contribution >= 0.6 is 0 Å². The molecule has 0 aromatic heterocycles. The summed E-state index contributed by atoms with van der Waals surface area (Å²) in [7, 11) is 3.08. The second-order valence-electron chi connectivity index (χ2n) is 4.73. The van der Waals surface area contributed by atoms with Crippen molar-refractivity contribution in [3.05, 3.63) is 59.7 Å². The van der Waals surface area contributed by atoms with Crippen LogP contribution in [0, 0.1) is 0 Å². The molecule has 0 saturated heterocycles. The van der Waals surface area contributed by atoms with Gasteiger partial charge in [0.15, 0.2) is 5.78 Å². The summed E-state index contributed by atoms with van der Waals surface area (Å²) in [5.74, 6) is 0.949. The van der Waals surface area contributed by atoms with Gasteiger partial charge in [0.2, 0.25) is 0 Å². The molecular formula is C17H19NO3. The van der Waals surface area contributed by atoms with Crippen molar-refractivity contribution in [3.63, 3.8) is 0 Å². The monoisotopic (exact) mass is 285 g/mol. The minimum Gasteiger partial charge on any atom is -0.497 e. The van der Waals surface area contributed by atoms with Crippen LogP contribution in [0.5, 0.6) is 11.5 Å². The number of methoxy groups -OCH3 is 2. The van der Waals surface area contributed by atoms with Crippen LogP contribution in [0.25, 0.3) is 0 Å². The molecular weight excluding hydrogens is 266 g/mol. The Morgan fingerprint density at radius 1 is 1.10 bits per heavy atom. The quantitative estimate of drug-likeness (QED) is 0.828. The van der Waals surface area contributed by atoms with Crippen molar-refractivity contribution in [1.82, 2.24) is 0 Å². The number of benzene rings is 2. The summed E-state index contributed by atoms with van der Waals surface area (Å²) >= 11 is 0. The Hall–Kier alpha value is -2.33. The highest BCUT2D eigenvalue weighted by Crippen LogP contribution is 2.25. The maximum atomic E-state index is 12.5. The molecule has 0 heterocycles. The van der Waals surface area contributed by atoms with Crippen molar-refractivity contribution >= 4 is 5.78 Å². The molecule has 2 rings (SSSR count). The molecule has 0 aliphatic carbocycles. The number of Topliss-reactive ketones (excluding diaryl/α,β-unsaturated/α-hetero) is 1. The first kappa shape index (κ1) is 15.1. The van der Waals surface area contributed by atoms with Gasteiger partial charge in [0.25, 0.3) is 0 Å². The van der Waals surface area contributed by atoms with Crippen molar-refractivity contribution in [2.45, 2.75) is 12.5 Å². The SMILES string of the molecule is COc1ccc(OC)c(C(=O)C(N)Cc2ccccc2)c1. The molecule has 0 aliphatic heterocycles. The molecule has 2 aromatic rings. The van der Waals surface area contributed by atoms with E-state index in [1.165, 1.54) is 7.11 Å². The lowest BCUT2D eigenvalue weighted by atomic mass is 9.97. The largest absolute Gasteiger partial charge is 0.497 e. The minimum atomic E-state index is -0.617. The van der Waals surface area contributed by atoms with Crippen molar-refractivity contribution in [1.29, 1.82) is 0 Å². The van der Waals surface area contributed by atoms with E-state index < -0.39 is 6.04 Å². The Morgan fingerprint density at radius 3 is 2.43 bits per heavy atom. The fourth-order valence-corrected chi connectivity index (χ4v) is 2.17. The standard InChI is InChI=1S/C17H19NO3/c1-20-13-8-9-16(21-2)14(11-13)17(19)15(18)10-12-6-4-3-5-7-12/h3-9,11,15H,10,18H2,1-2H3. The Balaban J connectivity index is 2.22. The van der Waals surface area contributed by atoms with E-state index in [1.54, 1.807) is 25.3 Å². The van der Waals surface area contributed by atoms with E-state index in [2.05, 4.69) is 0 Å². The highest BCUT2D eigenvalue weighted by Gasteiger charge is 2.20. The van der Waals surface area contributed by atoms with Gasteiger partial charge in [0.05, 0.1) is 25.8 Å². The van der Waals surface area contributed by atoms with Gasteiger partial charge >= 0.3 is 0 Å². The van der Waals surface area contributed by atoms with E-state index in [-0.39, 0.29) is 5.78 Å². The van der Waals surface area contributed by atoms with Crippen molar-refractivity contribution in [3.8, 4) is 11.5 Å². The van der Waals surface area contributed by atoms with E-state index in [9.17, 15) is 4.79 Å². The van der Waals surface area contributed by atoms with E-state index >= 15 is 0 Å². The average Bonchev–Trinajstić information content (AvgIpc) is 2.54. The molecule has 0 saturated carbocycles. The molecule has 1 unspecified atom stereocenters. The van der Waals surface area contributed by atoms with Gasteiger partial charge in [-0.2, -0.15) is 0 Å². The number of carbonyl (C=O) groups is 1. The van der Waals surface area contributed by atoms with E-state index in [0.717, 1.165) is 5.56 Å². The molecule has 1 atom stereocenters. The fourth-order valence-electron chi connectivity index (χ4n) is 2.17. The molecule has 0 spiro atoms. The zero-order valence-corrected chi connectivity index (χ0v) is 12.2. The van der Waals surface area contributed by atoms with E-state index in [4.69, 9.17) is 15.2 Å². The normalized spacial score (nSPS) is 11.8. The lowest BCUT2D eigenvalue weighted by molar-refractivity contribution is 0.0957. The summed E-state index contributed by atoms with van der Waals surface area (Å²) < 4.78 is 10.4. The summed E-state index contributed by atoms with van der Waals surface area (Å²) in [6, 6.07) is 14.2. The smallest absolute Gasteiger partial charge is 0.183 e. The number of rotatable bonds is 6. The highest BCUT2D eigenvalue weighted by atomic mass is 16.5. The molecule has 0 fully saturated rings. The third kappa shape index (κ3) is 3.61. The fraction of sp³-hybridized carbons (Fsp3) is 0.235. The number of ketones is 1. The maximum absolute atomic E-state index is 12.5. The Labute approximate surface area is 124 Å². The first-order chi connectivity index (χ1) is 10.2. The second kappa shape index (κ2) is 6.90. The topological polar surface area (TPSA) is 61.5 Å². The lowest BCUT2D eigenvalue weighted by Crippen LogP contribution is -2.33. The first-order valence-electron chi connectivity index (χ1n) is 6.71. The summed E-state index contributed by atoms with van der Waals surface area (Å²) in [5, 5.41) is 0. The van der Waals surface area contributed by atoms with Gasteiger partial charge < -0.3 is 15.2 Å². The molecule has 2 aromatic carbocycles. The second-order valence-corrected chi connectivity index (χ2v) is 4.73.